The van der Waals surface area contributed by atoms with Gasteiger partial charge in [0.2, 0.25) is 0 Å². The molecule has 60 heavy (non-hydrogen) atoms. The van der Waals surface area contributed by atoms with Gasteiger partial charge in [-0.05, 0) is 156 Å². The first-order valence-corrected chi connectivity index (χ1v) is 19.7. The molecule has 9 rings (SSSR count). The van der Waals surface area contributed by atoms with Gasteiger partial charge in [0, 0.05) is 0 Å². The largest absolute Gasteiger partial charge is 0.192 e. The van der Waals surface area contributed by atoms with E-state index in [-0.39, 0.29) is 0 Å². The Labute approximate surface area is 350 Å². The Morgan fingerprint density at radius 1 is 0.183 bits per heavy atom. The molecule has 3 heteroatoms. The molecule has 9 aromatic carbocycles. The second-order valence-electron chi connectivity index (χ2n) is 14.8. The van der Waals surface area contributed by atoms with Gasteiger partial charge in [-0.25, -0.2) is 0 Å². The summed E-state index contributed by atoms with van der Waals surface area (Å²) in [7, 11) is 0. The van der Waals surface area contributed by atoms with E-state index in [4.69, 9.17) is 0 Å². The minimum absolute atomic E-state index is 0.607. The lowest BCUT2D eigenvalue weighted by Gasteiger charge is -2.12. The Balaban J connectivity index is 0.958. The molecule has 0 amide bonds. The number of benzene rings is 9. The van der Waals surface area contributed by atoms with Gasteiger partial charge in [0.15, 0.2) is 0 Å². The average Bonchev–Trinajstić information content (AvgIpc) is 3.34. The third-order valence-electron chi connectivity index (χ3n) is 10.9. The maximum Gasteiger partial charge on any atom is 0.0992 e. The van der Waals surface area contributed by atoms with E-state index in [9.17, 15) is 15.8 Å². The summed E-state index contributed by atoms with van der Waals surface area (Å²) >= 11 is 0. The third kappa shape index (κ3) is 7.87. The quantitative estimate of drug-likeness (QED) is 0.155. The summed E-state index contributed by atoms with van der Waals surface area (Å²) in [5.74, 6) is 0. The molecule has 0 bridgehead atoms. The van der Waals surface area contributed by atoms with Crippen molar-refractivity contribution in [3.8, 4) is 107 Å². The van der Waals surface area contributed by atoms with Gasteiger partial charge in [0.05, 0.1) is 34.9 Å². The van der Waals surface area contributed by atoms with Crippen molar-refractivity contribution >= 4 is 0 Å². The summed E-state index contributed by atoms with van der Waals surface area (Å²) in [6.07, 6.45) is 0. The summed E-state index contributed by atoms with van der Waals surface area (Å²) in [6.45, 7) is 0. The Hall–Kier alpha value is -8.55. The molecule has 0 saturated heterocycles. The van der Waals surface area contributed by atoms with Gasteiger partial charge in [-0.15, -0.1) is 0 Å². The van der Waals surface area contributed by atoms with E-state index in [0.717, 1.165) is 89.0 Å². The molecule has 9 aromatic rings. The van der Waals surface area contributed by atoms with Crippen molar-refractivity contribution in [2.24, 2.45) is 0 Å². The summed E-state index contributed by atoms with van der Waals surface area (Å²) in [6, 6.07) is 79.3. The van der Waals surface area contributed by atoms with E-state index in [1.165, 1.54) is 0 Å². The molecular weight excluding hydrogens is 727 g/mol. The van der Waals surface area contributed by atoms with E-state index in [0.29, 0.717) is 16.7 Å². The molecule has 0 aliphatic heterocycles. The van der Waals surface area contributed by atoms with Gasteiger partial charge in [0.25, 0.3) is 0 Å². The van der Waals surface area contributed by atoms with Crippen molar-refractivity contribution in [2.75, 3.05) is 0 Å². The van der Waals surface area contributed by atoms with Crippen LogP contribution in [0.4, 0.5) is 0 Å². The van der Waals surface area contributed by atoms with Gasteiger partial charge >= 0.3 is 0 Å². The van der Waals surface area contributed by atoms with Crippen LogP contribution < -0.4 is 0 Å². The molecule has 0 aliphatic rings. The third-order valence-corrected chi connectivity index (χ3v) is 10.9. The zero-order chi connectivity index (χ0) is 40.8. The van der Waals surface area contributed by atoms with Gasteiger partial charge in [-0.2, -0.15) is 15.8 Å². The van der Waals surface area contributed by atoms with Crippen LogP contribution in [0.1, 0.15) is 16.7 Å². The molecule has 0 N–H and O–H groups in total. The molecule has 0 spiro atoms. The molecular formula is C57H35N3. The first-order chi connectivity index (χ1) is 29.5. The van der Waals surface area contributed by atoms with Crippen molar-refractivity contribution in [1.82, 2.24) is 0 Å². The van der Waals surface area contributed by atoms with Crippen LogP contribution in [0.5, 0.6) is 0 Å². The predicted octanol–water partition coefficient (Wildman–Crippen LogP) is 14.6. The number of rotatable bonds is 8. The second kappa shape index (κ2) is 16.5. The molecule has 278 valence electrons. The minimum atomic E-state index is 0.607. The van der Waals surface area contributed by atoms with Crippen LogP contribution in [0.15, 0.2) is 212 Å². The summed E-state index contributed by atoms with van der Waals surface area (Å²) < 4.78 is 0. The van der Waals surface area contributed by atoms with Crippen molar-refractivity contribution < 1.29 is 0 Å². The lowest BCUT2D eigenvalue weighted by molar-refractivity contribution is 1.47. The summed E-state index contributed by atoms with van der Waals surface area (Å²) in [4.78, 5) is 0. The molecule has 0 radical (unpaired) electrons. The van der Waals surface area contributed by atoms with Crippen molar-refractivity contribution in [1.29, 1.82) is 15.8 Å². The summed E-state index contributed by atoms with van der Waals surface area (Å²) in [5, 5.41) is 28.9. The standard InChI is InChI=1S/C57H35N3/c58-36-39-7-1-9-46(27-39)52-15-3-11-48(31-52)42-19-23-44(24-20-42)50-13-5-17-54(33-50)56-29-41(38-60)30-57(35-56)55-18-6-14-51(34-55)45-25-21-43(22-26-45)49-12-4-16-53(32-49)47-10-2-8-40(28-47)37-59/h1-35H. The highest BCUT2D eigenvalue weighted by molar-refractivity contribution is 5.82. The molecule has 0 atom stereocenters. The fraction of sp³-hybridized carbons (Fsp3) is 0. The number of nitrogens with zero attached hydrogens (tertiary/aromatic N) is 3. The molecule has 0 fully saturated rings. The SMILES string of the molecule is N#Cc1cccc(-c2cccc(-c3ccc(-c4cccc(-c5cc(C#N)cc(-c6cccc(-c7ccc(-c8cccc(-c9cccc(C#N)c9)c8)cc7)c6)c5)c4)cc3)c2)c1. The molecule has 0 aromatic heterocycles. The van der Waals surface area contributed by atoms with Crippen LogP contribution >= 0.6 is 0 Å². The lowest BCUT2D eigenvalue weighted by atomic mass is 9.92. The monoisotopic (exact) mass is 761 g/mol. The van der Waals surface area contributed by atoms with Gasteiger partial charge in [-0.3, -0.25) is 0 Å². The molecule has 0 aliphatic carbocycles. The van der Waals surface area contributed by atoms with E-state index in [2.05, 4.69) is 170 Å². The molecule has 0 saturated carbocycles. The molecule has 3 nitrogen and oxygen atoms in total. The van der Waals surface area contributed by atoms with Crippen LogP contribution in [0, 0.1) is 34.0 Å². The lowest BCUT2D eigenvalue weighted by Crippen LogP contribution is -1.88. The van der Waals surface area contributed by atoms with Gasteiger partial charge in [-0.1, -0.05) is 146 Å². The Kier molecular flexibility index (Phi) is 10.2. The number of hydrogen-bond acceptors (Lipinski definition) is 3. The number of nitriles is 3. The van der Waals surface area contributed by atoms with Crippen LogP contribution in [0.3, 0.4) is 0 Å². The van der Waals surface area contributed by atoms with E-state index >= 15 is 0 Å². The first-order valence-electron chi connectivity index (χ1n) is 19.7. The summed E-state index contributed by atoms with van der Waals surface area (Å²) in [5.41, 5.74) is 19.0. The highest BCUT2D eigenvalue weighted by Gasteiger charge is 2.11. The van der Waals surface area contributed by atoms with Crippen LogP contribution in [0.25, 0.3) is 89.0 Å². The number of hydrogen-bond donors (Lipinski definition) is 0. The van der Waals surface area contributed by atoms with E-state index in [1.54, 1.807) is 0 Å². The highest BCUT2D eigenvalue weighted by Crippen LogP contribution is 2.35. The maximum absolute atomic E-state index is 10.1. The second-order valence-corrected chi connectivity index (χ2v) is 14.8. The van der Waals surface area contributed by atoms with Gasteiger partial charge in [0.1, 0.15) is 0 Å². The Morgan fingerprint density at radius 3 is 0.667 bits per heavy atom. The Bertz CT molecular complexity index is 2960. The smallest absolute Gasteiger partial charge is 0.0992 e. The zero-order valence-corrected chi connectivity index (χ0v) is 32.5. The topological polar surface area (TPSA) is 71.4 Å². The predicted molar refractivity (Wildman–Crippen MR) is 244 cm³/mol. The normalized spacial score (nSPS) is 10.6. The van der Waals surface area contributed by atoms with Crippen LogP contribution in [0.2, 0.25) is 0 Å². The van der Waals surface area contributed by atoms with Crippen molar-refractivity contribution in [3.05, 3.63) is 229 Å². The first kappa shape index (κ1) is 37.1. The van der Waals surface area contributed by atoms with Crippen molar-refractivity contribution in [3.63, 3.8) is 0 Å². The average molecular weight is 762 g/mol. The van der Waals surface area contributed by atoms with Crippen LogP contribution in [-0.2, 0) is 0 Å². The zero-order valence-electron chi connectivity index (χ0n) is 32.5. The Morgan fingerprint density at radius 2 is 0.383 bits per heavy atom. The van der Waals surface area contributed by atoms with E-state index < -0.39 is 0 Å². The fourth-order valence-electron chi connectivity index (χ4n) is 7.79. The van der Waals surface area contributed by atoms with E-state index in [1.807, 2.05) is 60.7 Å². The van der Waals surface area contributed by atoms with Crippen LogP contribution in [-0.4, -0.2) is 0 Å². The van der Waals surface area contributed by atoms with Crippen molar-refractivity contribution in [2.45, 2.75) is 0 Å². The van der Waals surface area contributed by atoms with Gasteiger partial charge < -0.3 is 0 Å². The highest BCUT2D eigenvalue weighted by atomic mass is 14.3. The molecule has 0 unspecified atom stereocenters. The minimum Gasteiger partial charge on any atom is -0.192 e. The maximum atomic E-state index is 10.1. The molecule has 0 heterocycles. The fourth-order valence-corrected chi connectivity index (χ4v) is 7.79.